The zero-order chi connectivity index (χ0) is 18.3. The van der Waals surface area contributed by atoms with Crippen molar-refractivity contribution in [2.75, 3.05) is 18.5 Å². The number of aryl methyl sites for hydroxylation is 1. The fourth-order valence-electron chi connectivity index (χ4n) is 2.83. The Morgan fingerprint density at radius 1 is 1.32 bits per heavy atom. The van der Waals surface area contributed by atoms with Crippen LogP contribution in [0.15, 0.2) is 24.3 Å². The molecule has 0 spiro atoms. The monoisotopic (exact) mass is 345 g/mol. The Kier molecular flexibility index (Phi) is 6.52. The van der Waals surface area contributed by atoms with Gasteiger partial charge < -0.3 is 15.7 Å². The minimum Gasteiger partial charge on any atom is -0.396 e. The Bertz CT molecular complexity index is 694. The van der Waals surface area contributed by atoms with Crippen LogP contribution in [0.3, 0.4) is 0 Å². The van der Waals surface area contributed by atoms with Gasteiger partial charge in [-0.05, 0) is 43.7 Å². The second-order valence-electron chi connectivity index (χ2n) is 6.31. The highest BCUT2D eigenvalue weighted by molar-refractivity contribution is 5.89. The lowest BCUT2D eigenvalue weighted by Gasteiger charge is -2.31. The van der Waals surface area contributed by atoms with Crippen LogP contribution in [0.25, 0.3) is 11.4 Å². The van der Waals surface area contributed by atoms with Crippen LogP contribution in [0.5, 0.6) is 0 Å². The van der Waals surface area contributed by atoms with Gasteiger partial charge in [0.05, 0.1) is 0 Å². The number of hydrogen-bond donors (Lipinski definition) is 4. The highest BCUT2D eigenvalue weighted by atomic mass is 16.3. The van der Waals surface area contributed by atoms with E-state index < -0.39 is 0 Å². The molecule has 136 valence electrons. The molecule has 2 amide bonds. The molecule has 1 aromatic heterocycles. The standard InChI is InChI=1S/C18H27N5O2/c1-4-18(5-2,9-10-24)12-19-17(25)21-15-8-6-7-14(11-15)16-20-13(3)22-23-16/h6-8,11,24H,4-5,9-10,12H2,1-3H3,(H2,19,21,25)(H,20,22,23). The van der Waals surface area contributed by atoms with Crippen molar-refractivity contribution in [1.29, 1.82) is 0 Å². The summed E-state index contributed by atoms with van der Waals surface area (Å²) in [6, 6.07) is 7.15. The van der Waals surface area contributed by atoms with E-state index in [2.05, 4.69) is 39.7 Å². The molecular formula is C18H27N5O2. The molecule has 0 saturated carbocycles. The lowest BCUT2D eigenvalue weighted by molar-refractivity contribution is 0.165. The number of carbonyl (C=O) groups excluding carboxylic acids is 1. The number of urea groups is 1. The van der Waals surface area contributed by atoms with E-state index in [4.69, 9.17) is 0 Å². The van der Waals surface area contributed by atoms with Gasteiger partial charge in [-0.3, -0.25) is 5.10 Å². The summed E-state index contributed by atoms with van der Waals surface area (Å²) in [6.45, 7) is 6.67. The molecule has 0 saturated heterocycles. The Morgan fingerprint density at radius 2 is 2.08 bits per heavy atom. The maximum absolute atomic E-state index is 12.2. The molecular weight excluding hydrogens is 318 g/mol. The molecule has 2 rings (SSSR count). The number of carbonyl (C=O) groups is 1. The van der Waals surface area contributed by atoms with Gasteiger partial charge in [-0.1, -0.05) is 26.0 Å². The van der Waals surface area contributed by atoms with E-state index in [1.54, 1.807) is 0 Å². The van der Waals surface area contributed by atoms with E-state index in [0.717, 1.165) is 24.2 Å². The van der Waals surface area contributed by atoms with Crippen LogP contribution in [0, 0.1) is 12.3 Å². The summed E-state index contributed by atoms with van der Waals surface area (Å²) in [6.07, 6.45) is 2.49. The van der Waals surface area contributed by atoms with E-state index in [1.165, 1.54) is 0 Å². The summed E-state index contributed by atoms with van der Waals surface area (Å²) in [7, 11) is 0. The van der Waals surface area contributed by atoms with Gasteiger partial charge in [0.2, 0.25) is 0 Å². The number of aliphatic hydroxyl groups excluding tert-OH is 1. The molecule has 7 nitrogen and oxygen atoms in total. The fourth-order valence-corrected chi connectivity index (χ4v) is 2.83. The Balaban J connectivity index is 1.99. The molecule has 0 radical (unpaired) electrons. The van der Waals surface area contributed by atoms with Crippen molar-refractivity contribution in [2.24, 2.45) is 5.41 Å². The average Bonchev–Trinajstić information content (AvgIpc) is 3.05. The number of benzene rings is 1. The van der Waals surface area contributed by atoms with Gasteiger partial charge >= 0.3 is 6.03 Å². The number of aromatic nitrogens is 3. The SMILES string of the molecule is CCC(CC)(CCO)CNC(=O)Nc1cccc(-c2n[nH]c(C)n2)c1. The third-order valence-corrected chi connectivity index (χ3v) is 4.74. The van der Waals surface area contributed by atoms with Crippen molar-refractivity contribution < 1.29 is 9.90 Å². The number of nitrogens with zero attached hydrogens (tertiary/aromatic N) is 2. The number of rotatable bonds is 8. The van der Waals surface area contributed by atoms with Crippen LogP contribution in [-0.4, -0.2) is 39.5 Å². The number of hydrogen-bond acceptors (Lipinski definition) is 4. The molecule has 0 aliphatic heterocycles. The second kappa shape index (κ2) is 8.62. The maximum Gasteiger partial charge on any atom is 0.319 e. The minimum absolute atomic E-state index is 0.0651. The first-order valence-electron chi connectivity index (χ1n) is 8.67. The maximum atomic E-state index is 12.2. The van der Waals surface area contributed by atoms with E-state index >= 15 is 0 Å². The predicted octanol–water partition coefficient (Wildman–Crippen LogP) is 3.09. The van der Waals surface area contributed by atoms with Crippen molar-refractivity contribution in [1.82, 2.24) is 20.5 Å². The molecule has 0 fully saturated rings. The van der Waals surface area contributed by atoms with Crippen LogP contribution >= 0.6 is 0 Å². The van der Waals surface area contributed by atoms with Gasteiger partial charge in [-0.15, -0.1) is 0 Å². The number of H-pyrrole nitrogens is 1. The highest BCUT2D eigenvalue weighted by Gasteiger charge is 2.26. The van der Waals surface area contributed by atoms with Crippen LogP contribution in [0.2, 0.25) is 0 Å². The number of anilines is 1. The molecule has 0 bridgehead atoms. The highest BCUT2D eigenvalue weighted by Crippen LogP contribution is 2.29. The molecule has 25 heavy (non-hydrogen) atoms. The van der Waals surface area contributed by atoms with Crippen molar-refractivity contribution >= 4 is 11.7 Å². The van der Waals surface area contributed by atoms with Crippen molar-refractivity contribution in [3.05, 3.63) is 30.1 Å². The summed E-state index contributed by atoms with van der Waals surface area (Å²) >= 11 is 0. The van der Waals surface area contributed by atoms with E-state index in [9.17, 15) is 9.90 Å². The molecule has 0 unspecified atom stereocenters. The lowest BCUT2D eigenvalue weighted by Crippen LogP contribution is -2.39. The molecule has 7 heteroatoms. The first-order valence-corrected chi connectivity index (χ1v) is 8.67. The zero-order valence-electron chi connectivity index (χ0n) is 15.1. The predicted molar refractivity (Wildman–Crippen MR) is 98.3 cm³/mol. The lowest BCUT2D eigenvalue weighted by atomic mass is 9.79. The smallest absolute Gasteiger partial charge is 0.319 e. The summed E-state index contributed by atoms with van der Waals surface area (Å²) in [5.41, 5.74) is 1.45. The molecule has 0 atom stereocenters. The molecule has 0 aliphatic carbocycles. The largest absolute Gasteiger partial charge is 0.396 e. The Labute approximate surface area is 148 Å². The molecule has 1 aromatic carbocycles. The van der Waals surface area contributed by atoms with Crippen LogP contribution in [0.4, 0.5) is 10.5 Å². The van der Waals surface area contributed by atoms with Crippen LogP contribution < -0.4 is 10.6 Å². The third kappa shape index (κ3) is 5.03. The Morgan fingerprint density at radius 3 is 2.68 bits per heavy atom. The van der Waals surface area contributed by atoms with Crippen molar-refractivity contribution in [3.63, 3.8) is 0 Å². The van der Waals surface area contributed by atoms with Gasteiger partial charge in [-0.25, -0.2) is 9.78 Å². The van der Waals surface area contributed by atoms with Crippen molar-refractivity contribution in [3.8, 4) is 11.4 Å². The van der Waals surface area contributed by atoms with Crippen LogP contribution in [0.1, 0.15) is 38.9 Å². The van der Waals surface area contributed by atoms with E-state index in [-0.39, 0.29) is 18.1 Å². The van der Waals surface area contributed by atoms with Gasteiger partial charge in [-0.2, -0.15) is 5.10 Å². The number of nitrogens with one attached hydrogen (secondary N) is 3. The van der Waals surface area contributed by atoms with E-state index in [0.29, 0.717) is 24.5 Å². The minimum atomic E-state index is -0.257. The summed E-state index contributed by atoms with van der Waals surface area (Å²) in [5, 5.41) is 22.0. The summed E-state index contributed by atoms with van der Waals surface area (Å²) in [5.74, 6) is 1.34. The van der Waals surface area contributed by atoms with Gasteiger partial charge in [0.25, 0.3) is 0 Å². The first kappa shape index (κ1) is 18.9. The number of aliphatic hydroxyl groups is 1. The summed E-state index contributed by atoms with van der Waals surface area (Å²) in [4.78, 5) is 16.5. The molecule has 0 aliphatic rings. The molecule has 4 N–H and O–H groups in total. The first-order chi connectivity index (χ1) is 12.0. The third-order valence-electron chi connectivity index (χ3n) is 4.74. The summed E-state index contributed by atoms with van der Waals surface area (Å²) < 4.78 is 0. The fraction of sp³-hybridized carbons (Fsp3) is 0.500. The normalized spacial score (nSPS) is 11.4. The topological polar surface area (TPSA) is 103 Å². The van der Waals surface area contributed by atoms with Gasteiger partial charge in [0, 0.05) is 24.4 Å². The quantitative estimate of drug-likeness (QED) is 0.590. The molecule has 2 aromatic rings. The van der Waals surface area contributed by atoms with Crippen LogP contribution in [-0.2, 0) is 0 Å². The van der Waals surface area contributed by atoms with Crippen molar-refractivity contribution in [2.45, 2.75) is 40.0 Å². The number of amides is 2. The molecule has 1 heterocycles. The Hall–Kier alpha value is -2.41. The van der Waals surface area contributed by atoms with E-state index in [1.807, 2.05) is 31.2 Å². The van der Waals surface area contributed by atoms with Gasteiger partial charge in [0.15, 0.2) is 5.82 Å². The second-order valence-corrected chi connectivity index (χ2v) is 6.31. The number of aromatic amines is 1. The average molecular weight is 345 g/mol. The van der Waals surface area contributed by atoms with Gasteiger partial charge in [0.1, 0.15) is 5.82 Å². The zero-order valence-corrected chi connectivity index (χ0v) is 15.1.